The molecule has 12 heavy (non-hydrogen) atoms. The molecule has 3 N–H and O–H groups in total. The summed E-state index contributed by atoms with van der Waals surface area (Å²) in [5, 5.41) is 2.77. The molecule has 0 aliphatic carbocycles. The second-order valence-electron chi connectivity index (χ2n) is 3.12. The first-order valence-corrected chi connectivity index (χ1v) is 3.97. The number of urea groups is 1. The summed E-state index contributed by atoms with van der Waals surface area (Å²) in [7, 11) is 0. The average Bonchev–Trinajstić information content (AvgIpc) is 2.29. The van der Waals surface area contributed by atoms with Crippen LogP contribution in [-0.2, 0) is 4.74 Å². The smallest absolute Gasteiger partial charge is 0.343 e. The van der Waals surface area contributed by atoms with Gasteiger partial charge in [-0.05, 0) is 0 Å². The number of hydrogen-bond donors (Lipinski definition) is 2. The number of nitrogens with one attached hydrogen (secondary N) is 1. The first-order chi connectivity index (χ1) is 5.73. The largest absolute Gasteiger partial charge is 0.385 e. The number of carbonyl (C=O) groups excluding carboxylic acids is 1. The highest BCUT2D eigenvalue weighted by atomic mass is 16.5. The predicted octanol–water partition coefficient (Wildman–Crippen LogP) is -0.384. The molecule has 0 unspecified atom stereocenters. The molecule has 1 fully saturated rings. The highest BCUT2D eigenvalue weighted by molar-refractivity contribution is 6.05. The molecule has 2 amide bonds. The van der Waals surface area contributed by atoms with Gasteiger partial charge in [0.1, 0.15) is 11.4 Å². The lowest BCUT2D eigenvalue weighted by atomic mass is 9.90. The number of hydrogen-bond acceptors (Lipinski definition) is 3. The number of ether oxygens (including phenoxy) is 1. The minimum absolute atomic E-state index is 0.325. The topological polar surface area (TPSA) is 76.7 Å². The van der Waals surface area contributed by atoms with E-state index in [2.05, 4.69) is 10.3 Å². The molecular formula is C7H11N3O2. The Morgan fingerprint density at radius 3 is 2.67 bits per heavy atom. The van der Waals surface area contributed by atoms with Crippen LogP contribution in [0.4, 0.5) is 4.79 Å². The van der Waals surface area contributed by atoms with Gasteiger partial charge in [-0.3, -0.25) is 0 Å². The number of nitrogens with zero attached hydrogens (tertiary/aromatic N) is 1. The highest BCUT2D eigenvalue weighted by Gasteiger charge is 2.42. The fourth-order valence-electron chi connectivity index (χ4n) is 1.61. The van der Waals surface area contributed by atoms with E-state index in [1.165, 1.54) is 0 Å². The zero-order valence-electron chi connectivity index (χ0n) is 6.67. The summed E-state index contributed by atoms with van der Waals surface area (Å²) in [4.78, 5) is 14.6. The molecule has 0 aromatic carbocycles. The van der Waals surface area contributed by atoms with Gasteiger partial charge >= 0.3 is 6.03 Å². The zero-order valence-corrected chi connectivity index (χ0v) is 6.67. The summed E-state index contributed by atoms with van der Waals surface area (Å²) < 4.78 is 5.18. The van der Waals surface area contributed by atoms with E-state index in [-0.39, 0.29) is 6.03 Å². The number of amidine groups is 1. The van der Waals surface area contributed by atoms with Crippen molar-refractivity contribution in [1.82, 2.24) is 5.32 Å². The van der Waals surface area contributed by atoms with Gasteiger partial charge < -0.3 is 15.8 Å². The molecule has 5 heteroatoms. The maximum atomic E-state index is 10.9. The van der Waals surface area contributed by atoms with Crippen LogP contribution in [0.25, 0.3) is 0 Å². The van der Waals surface area contributed by atoms with Gasteiger partial charge in [0.05, 0.1) is 0 Å². The van der Waals surface area contributed by atoms with Crippen LogP contribution in [0, 0.1) is 0 Å². The number of aliphatic imine (C=N–C) groups is 1. The fourth-order valence-corrected chi connectivity index (χ4v) is 1.61. The van der Waals surface area contributed by atoms with Crippen molar-refractivity contribution in [1.29, 1.82) is 0 Å². The number of carbonyl (C=O) groups is 1. The van der Waals surface area contributed by atoms with Crippen LogP contribution in [0.15, 0.2) is 4.99 Å². The van der Waals surface area contributed by atoms with Crippen molar-refractivity contribution in [2.45, 2.75) is 18.4 Å². The third-order valence-electron chi connectivity index (χ3n) is 2.40. The molecule has 1 saturated heterocycles. The van der Waals surface area contributed by atoms with Crippen LogP contribution in [-0.4, -0.2) is 30.6 Å². The molecule has 2 rings (SSSR count). The Bertz CT molecular complexity index is 243. The van der Waals surface area contributed by atoms with Gasteiger partial charge in [-0.25, -0.2) is 4.79 Å². The SMILES string of the molecule is NC1=NC(=O)NC12CCOCC2. The molecule has 1 spiro atoms. The monoisotopic (exact) mass is 169 g/mol. The van der Waals surface area contributed by atoms with Gasteiger partial charge in [-0.2, -0.15) is 4.99 Å². The lowest BCUT2D eigenvalue weighted by molar-refractivity contribution is 0.0668. The van der Waals surface area contributed by atoms with E-state index in [9.17, 15) is 4.79 Å². The van der Waals surface area contributed by atoms with Crippen LogP contribution in [0.1, 0.15) is 12.8 Å². The maximum absolute atomic E-state index is 10.9. The Morgan fingerprint density at radius 1 is 1.50 bits per heavy atom. The van der Waals surface area contributed by atoms with Crippen LogP contribution < -0.4 is 11.1 Å². The normalized spacial score (nSPS) is 27.0. The Hall–Kier alpha value is -1.10. The fraction of sp³-hybridized carbons (Fsp3) is 0.714. The molecule has 0 aromatic rings. The zero-order chi connectivity index (χ0) is 8.60. The van der Waals surface area contributed by atoms with Gasteiger partial charge in [0.25, 0.3) is 0 Å². The van der Waals surface area contributed by atoms with Crippen molar-refractivity contribution < 1.29 is 9.53 Å². The molecule has 2 aliphatic rings. The van der Waals surface area contributed by atoms with Gasteiger partial charge in [0.15, 0.2) is 0 Å². The van der Waals surface area contributed by atoms with E-state index in [1.54, 1.807) is 0 Å². The molecule has 0 radical (unpaired) electrons. The summed E-state index contributed by atoms with van der Waals surface area (Å²) in [6.45, 7) is 1.27. The van der Waals surface area contributed by atoms with E-state index in [1.807, 2.05) is 0 Å². The van der Waals surface area contributed by atoms with Crippen LogP contribution in [0.5, 0.6) is 0 Å². The molecule has 5 nitrogen and oxygen atoms in total. The first-order valence-electron chi connectivity index (χ1n) is 3.97. The first kappa shape index (κ1) is 7.54. The molecule has 0 aromatic heterocycles. The number of amides is 2. The van der Waals surface area contributed by atoms with Crippen molar-refractivity contribution in [3.05, 3.63) is 0 Å². The predicted molar refractivity (Wildman–Crippen MR) is 42.9 cm³/mol. The van der Waals surface area contributed by atoms with Crippen LogP contribution >= 0.6 is 0 Å². The van der Waals surface area contributed by atoms with E-state index in [4.69, 9.17) is 10.5 Å². The molecule has 0 saturated carbocycles. The summed E-state index contributed by atoms with van der Waals surface area (Å²) in [5.74, 6) is 0.413. The third-order valence-corrected chi connectivity index (χ3v) is 2.40. The van der Waals surface area contributed by atoms with E-state index in [0.717, 1.165) is 12.8 Å². The summed E-state index contributed by atoms with van der Waals surface area (Å²) in [5.41, 5.74) is 5.25. The standard InChI is InChI=1S/C7H11N3O2/c8-5-7(10-6(11)9-5)1-3-12-4-2-7/h1-4H2,(H3,8,9,10,11). The van der Waals surface area contributed by atoms with E-state index in [0.29, 0.717) is 19.0 Å². The van der Waals surface area contributed by atoms with Gasteiger partial charge in [0.2, 0.25) is 0 Å². The number of nitrogens with two attached hydrogens (primary N) is 1. The summed E-state index contributed by atoms with van der Waals surface area (Å²) >= 11 is 0. The molecule has 2 aliphatic heterocycles. The maximum Gasteiger partial charge on any atom is 0.343 e. The van der Waals surface area contributed by atoms with Gasteiger partial charge in [-0.15, -0.1) is 0 Å². The van der Waals surface area contributed by atoms with Crippen molar-refractivity contribution in [2.24, 2.45) is 10.7 Å². The lowest BCUT2D eigenvalue weighted by Gasteiger charge is -2.32. The van der Waals surface area contributed by atoms with Crippen LogP contribution in [0.2, 0.25) is 0 Å². The Kier molecular flexibility index (Phi) is 1.54. The Morgan fingerprint density at radius 2 is 2.17 bits per heavy atom. The van der Waals surface area contributed by atoms with Crippen molar-refractivity contribution in [3.8, 4) is 0 Å². The van der Waals surface area contributed by atoms with Crippen molar-refractivity contribution >= 4 is 11.9 Å². The van der Waals surface area contributed by atoms with Gasteiger partial charge in [-0.1, -0.05) is 0 Å². The highest BCUT2D eigenvalue weighted by Crippen LogP contribution is 2.24. The van der Waals surface area contributed by atoms with E-state index < -0.39 is 5.54 Å². The minimum Gasteiger partial charge on any atom is -0.385 e. The Labute approximate surface area is 70.0 Å². The molecule has 2 heterocycles. The number of rotatable bonds is 0. The van der Waals surface area contributed by atoms with E-state index >= 15 is 0 Å². The molecule has 66 valence electrons. The second-order valence-corrected chi connectivity index (χ2v) is 3.12. The molecule has 0 atom stereocenters. The minimum atomic E-state index is -0.394. The second kappa shape index (κ2) is 2.45. The van der Waals surface area contributed by atoms with Gasteiger partial charge in [0, 0.05) is 26.1 Å². The van der Waals surface area contributed by atoms with Crippen LogP contribution in [0.3, 0.4) is 0 Å². The summed E-state index contributed by atoms with van der Waals surface area (Å²) in [6.07, 6.45) is 1.46. The molecule has 0 bridgehead atoms. The third kappa shape index (κ3) is 0.972. The Balaban J connectivity index is 2.21. The quantitative estimate of drug-likeness (QED) is 0.518. The summed E-state index contributed by atoms with van der Waals surface area (Å²) in [6, 6.07) is -0.325. The molecular weight excluding hydrogens is 158 g/mol. The van der Waals surface area contributed by atoms with Crippen molar-refractivity contribution in [2.75, 3.05) is 13.2 Å². The average molecular weight is 169 g/mol. The van der Waals surface area contributed by atoms with Crippen molar-refractivity contribution in [3.63, 3.8) is 0 Å². The lowest BCUT2D eigenvalue weighted by Crippen LogP contribution is -2.54.